The zero-order valence-corrected chi connectivity index (χ0v) is 18.1. The van der Waals surface area contributed by atoms with Gasteiger partial charge in [-0.1, -0.05) is 12.6 Å². The number of nitrogens with zero attached hydrogens (tertiary/aromatic N) is 1. The minimum atomic E-state index is -0.151. The van der Waals surface area contributed by atoms with Crippen molar-refractivity contribution in [2.75, 3.05) is 25.6 Å². The summed E-state index contributed by atoms with van der Waals surface area (Å²) in [4.78, 5) is 0. The van der Waals surface area contributed by atoms with E-state index in [9.17, 15) is 4.39 Å². The molecular weight excluding hydrogens is 403 g/mol. The van der Waals surface area contributed by atoms with Gasteiger partial charge in [0.05, 0.1) is 37.3 Å². The van der Waals surface area contributed by atoms with Gasteiger partial charge in [-0.15, -0.1) is 0 Å². The van der Waals surface area contributed by atoms with Crippen LogP contribution in [0.1, 0.15) is 42.0 Å². The van der Waals surface area contributed by atoms with Crippen LogP contribution in [0.5, 0.6) is 0 Å². The highest BCUT2D eigenvalue weighted by Crippen LogP contribution is 2.37. The molecule has 8 heteroatoms. The number of nitrogens with one attached hydrogen (secondary N) is 3. The molecule has 30 heavy (non-hydrogen) atoms. The molecule has 1 aliphatic carbocycles. The van der Waals surface area contributed by atoms with Crippen LogP contribution in [0.15, 0.2) is 31.0 Å². The molecule has 0 spiro atoms. The Kier molecular flexibility index (Phi) is 6.97. The Bertz CT molecular complexity index is 868. The van der Waals surface area contributed by atoms with Crippen molar-refractivity contribution in [2.45, 2.75) is 48.8 Å². The number of ether oxygens (including phenoxy) is 2. The third kappa shape index (κ3) is 4.82. The van der Waals surface area contributed by atoms with E-state index in [1.54, 1.807) is 17.8 Å². The molecule has 2 aromatic rings. The summed E-state index contributed by atoms with van der Waals surface area (Å²) in [5.41, 5.74) is 3.49. The minimum absolute atomic E-state index is 0.151. The third-order valence-corrected chi connectivity index (χ3v) is 6.87. The van der Waals surface area contributed by atoms with Gasteiger partial charge in [-0.25, -0.2) is 4.39 Å². The standard InChI is InChI=1S/C18H20FN3OS.C4H9NO/c1-2-23-13-5-3-11(7-13)16-8-17(22-21-16)20-15-6-4-12-9-24-10-14(12)18(15)19;1-5-4-2-6-3-4/h2,4,6,8,11,13H,1,3,5,7,9-10H2,(H2,20,21,22);4-5H,2-3H2,1H3. The van der Waals surface area contributed by atoms with Crippen molar-refractivity contribution in [3.05, 3.63) is 53.7 Å². The molecule has 0 bridgehead atoms. The zero-order chi connectivity index (χ0) is 20.9. The van der Waals surface area contributed by atoms with E-state index in [0.29, 0.717) is 23.5 Å². The molecule has 1 saturated heterocycles. The molecule has 3 heterocycles. The molecule has 5 rings (SSSR count). The zero-order valence-electron chi connectivity index (χ0n) is 17.2. The predicted octanol–water partition coefficient (Wildman–Crippen LogP) is 4.44. The van der Waals surface area contributed by atoms with Gasteiger partial charge in [-0.05, 0) is 37.9 Å². The molecule has 162 valence electrons. The second-order valence-electron chi connectivity index (χ2n) is 7.85. The molecule has 3 aliphatic rings. The van der Waals surface area contributed by atoms with Gasteiger partial charge < -0.3 is 20.1 Å². The largest absolute Gasteiger partial charge is 0.499 e. The first kappa shape index (κ1) is 21.2. The maximum absolute atomic E-state index is 14.6. The second-order valence-corrected chi connectivity index (χ2v) is 8.83. The summed E-state index contributed by atoms with van der Waals surface area (Å²) in [6.45, 7) is 5.42. The molecule has 0 radical (unpaired) electrons. The number of likely N-dealkylation sites (N-methyl/N-ethyl adjacent to an activating group) is 1. The summed E-state index contributed by atoms with van der Waals surface area (Å²) in [6.07, 6.45) is 4.79. The van der Waals surface area contributed by atoms with Crippen molar-refractivity contribution in [2.24, 2.45) is 0 Å². The maximum atomic E-state index is 14.6. The van der Waals surface area contributed by atoms with Crippen molar-refractivity contribution < 1.29 is 13.9 Å². The number of aromatic amines is 1. The van der Waals surface area contributed by atoms with Crippen LogP contribution in [0.2, 0.25) is 0 Å². The predicted molar refractivity (Wildman–Crippen MR) is 119 cm³/mol. The number of anilines is 2. The summed E-state index contributed by atoms with van der Waals surface area (Å²) in [5.74, 6) is 2.55. The number of benzene rings is 1. The summed E-state index contributed by atoms with van der Waals surface area (Å²) in [7, 11) is 1.95. The lowest BCUT2D eigenvalue weighted by molar-refractivity contribution is -0.00169. The molecule has 2 unspecified atom stereocenters. The molecule has 6 nitrogen and oxygen atoms in total. The first-order valence-electron chi connectivity index (χ1n) is 10.4. The first-order valence-corrected chi connectivity index (χ1v) is 11.5. The Morgan fingerprint density at radius 1 is 1.33 bits per heavy atom. The fraction of sp³-hybridized carbons (Fsp3) is 0.500. The van der Waals surface area contributed by atoms with Crippen LogP contribution < -0.4 is 10.6 Å². The van der Waals surface area contributed by atoms with Gasteiger partial charge in [-0.3, -0.25) is 5.10 Å². The van der Waals surface area contributed by atoms with Gasteiger partial charge in [0, 0.05) is 34.7 Å². The smallest absolute Gasteiger partial charge is 0.152 e. The van der Waals surface area contributed by atoms with E-state index in [1.165, 1.54) is 6.26 Å². The van der Waals surface area contributed by atoms with E-state index in [4.69, 9.17) is 9.47 Å². The van der Waals surface area contributed by atoms with Crippen LogP contribution in [0.25, 0.3) is 0 Å². The number of hydrogen-bond acceptors (Lipinski definition) is 6. The average Bonchev–Trinajstić information content (AvgIpc) is 3.44. The Hall–Kier alpha value is -2.03. The van der Waals surface area contributed by atoms with Gasteiger partial charge in [0.2, 0.25) is 0 Å². The number of thioether (sulfide) groups is 1. The molecule has 2 fully saturated rings. The van der Waals surface area contributed by atoms with E-state index in [1.807, 2.05) is 19.2 Å². The van der Waals surface area contributed by atoms with Crippen molar-refractivity contribution >= 4 is 23.3 Å². The Morgan fingerprint density at radius 2 is 2.20 bits per heavy atom. The quantitative estimate of drug-likeness (QED) is 0.586. The third-order valence-electron chi connectivity index (χ3n) is 5.86. The van der Waals surface area contributed by atoms with Crippen molar-refractivity contribution in [1.29, 1.82) is 0 Å². The van der Waals surface area contributed by atoms with Crippen LogP contribution in [-0.4, -0.2) is 42.6 Å². The van der Waals surface area contributed by atoms with Gasteiger partial charge >= 0.3 is 0 Å². The summed E-state index contributed by atoms with van der Waals surface area (Å²) in [5, 5.41) is 13.6. The number of hydrogen-bond donors (Lipinski definition) is 3. The maximum Gasteiger partial charge on any atom is 0.152 e. The van der Waals surface area contributed by atoms with E-state index >= 15 is 0 Å². The SMILES string of the molecule is C=COC1CCC(c2cc(Nc3ccc4c(c3F)CSC4)n[nH]2)C1.CNC1COC1. The lowest BCUT2D eigenvalue weighted by Gasteiger charge is -2.24. The van der Waals surface area contributed by atoms with Crippen LogP contribution in [0, 0.1) is 5.82 Å². The van der Waals surface area contributed by atoms with Crippen molar-refractivity contribution in [1.82, 2.24) is 15.5 Å². The molecule has 1 aromatic heterocycles. The molecule has 2 aliphatic heterocycles. The highest BCUT2D eigenvalue weighted by atomic mass is 32.2. The fourth-order valence-corrected chi connectivity index (χ4v) is 5.05. The fourth-order valence-electron chi connectivity index (χ4n) is 3.94. The topological polar surface area (TPSA) is 71.2 Å². The number of halogens is 1. The van der Waals surface area contributed by atoms with E-state index in [-0.39, 0.29) is 11.9 Å². The van der Waals surface area contributed by atoms with Gasteiger partial charge in [0.15, 0.2) is 11.6 Å². The Balaban J connectivity index is 0.000000313. The monoisotopic (exact) mass is 432 g/mol. The number of rotatable bonds is 6. The summed E-state index contributed by atoms with van der Waals surface area (Å²) in [6, 6.07) is 6.42. The van der Waals surface area contributed by atoms with E-state index in [2.05, 4.69) is 27.4 Å². The highest BCUT2D eigenvalue weighted by Gasteiger charge is 2.28. The van der Waals surface area contributed by atoms with E-state index < -0.39 is 0 Å². The van der Waals surface area contributed by atoms with Gasteiger partial charge in [0.25, 0.3) is 0 Å². The van der Waals surface area contributed by atoms with Crippen molar-refractivity contribution in [3.8, 4) is 0 Å². The Labute approximate surface area is 181 Å². The lowest BCUT2D eigenvalue weighted by atomic mass is 10.0. The average molecular weight is 433 g/mol. The second kappa shape index (κ2) is 9.85. The molecular formula is C22H29FN4O2S. The summed E-state index contributed by atoms with van der Waals surface area (Å²) >= 11 is 1.75. The lowest BCUT2D eigenvalue weighted by Crippen LogP contribution is -2.43. The minimum Gasteiger partial charge on any atom is -0.499 e. The normalized spacial score (nSPS) is 22.6. The van der Waals surface area contributed by atoms with Crippen LogP contribution in [-0.2, 0) is 21.0 Å². The van der Waals surface area contributed by atoms with Crippen LogP contribution in [0.4, 0.5) is 15.9 Å². The molecule has 1 saturated carbocycles. The summed E-state index contributed by atoms with van der Waals surface area (Å²) < 4.78 is 24.9. The number of aromatic nitrogens is 2. The molecule has 2 atom stereocenters. The van der Waals surface area contributed by atoms with E-state index in [0.717, 1.165) is 60.8 Å². The molecule has 1 aromatic carbocycles. The highest BCUT2D eigenvalue weighted by molar-refractivity contribution is 7.98. The van der Waals surface area contributed by atoms with Crippen LogP contribution in [0.3, 0.4) is 0 Å². The van der Waals surface area contributed by atoms with Crippen LogP contribution >= 0.6 is 11.8 Å². The van der Waals surface area contributed by atoms with Gasteiger partial charge in [0.1, 0.15) is 0 Å². The van der Waals surface area contributed by atoms with Gasteiger partial charge in [-0.2, -0.15) is 16.9 Å². The number of H-pyrrole nitrogens is 1. The first-order chi connectivity index (χ1) is 14.7. The number of fused-ring (bicyclic) bond motifs is 1. The molecule has 0 amide bonds. The molecule has 3 N–H and O–H groups in total. The Morgan fingerprint density at radius 3 is 2.90 bits per heavy atom. The van der Waals surface area contributed by atoms with Crippen molar-refractivity contribution in [3.63, 3.8) is 0 Å².